The van der Waals surface area contributed by atoms with Gasteiger partial charge in [0.15, 0.2) is 6.29 Å². The number of hydrogen-bond donors (Lipinski definition) is 0. The Balaban J connectivity index is 1.64. The van der Waals surface area contributed by atoms with Crippen LogP contribution in [0, 0.1) is 17.8 Å². The van der Waals surface area contributed by atoms with Gasteiger partial charge < -0.3 is 23.4 Å². The van der Waals surface area contributed by atoms with Gasteiger partial charge >= 0.3 is 5.97 Å². The number of ether oxygens (including phenoxy) is 4. The Morgan fingerprint density at radius 1 is 0.837 bits per heavy atom. The Morgan fingerprint density at radius 3 is 1.86 bits per heavy atom. The van der Waals surface area contributed by atoms with Gasteiger partial charge in [-0.1, -0.05) is 107 Å². The molecule has 3 aromatic rings. The quantitative estimate of drug-likeness (QED) is 0.198. The Bertz CT molecular complexity index is 1250. The van der Waals surface area contributed by atoms with Crippen molar-refractivity contribution in [2.75, 3.05) is 20.8 Å². The molecule has 0 spiro atoms. The number of rotatable bonds is 11. The normalized spacial score (nSPS) is 22.4. The van der Waals surface area contributed by atoms with E-state index in [1.165, 1.54) is 17.5 Å². The Morgan fingerprint density at radius 2 is 1.37 bits per heavy atom. The lowest BCUT2D eigenvalue weighted by atomic mass is 9.83. The molecule has 6 nitrogen and oxygen atoms in total. The van der Waals surface area contributed by atoms with Crippen LogP contribution in [0.1, 0.15) is 47.1 Å². The average Bonchev–Trinajstić information content (AvgIpc) is 3.02. The molecule has 43 heavy (non-hydrogen) atoms. The average molecular weight is 605 g/mol. The van der Waals surface area contributed by atoms with Crippen molar-refractivity contribution in [2.45, 2.75) is 71.5 Å². The lowest BCUT2D eigenvalue weighted by Crippen LogP contribution is -2.67. The van der Waals surface area contributed by atoms with Crippen molar-refractivity contribution in [3.8, 4) is 5.75 Å². The minimum Gasteiger partial charge on any atom is -0.497 e. The molecule has 1 heterocycles. The Hall–Kier alpha value is -2.97. The summed E-state index contributed by atoms with van der Waals surface area (Å²) in [6.45, 7) is 13.6. The van der Waals surface area contributed by atoms with Gasteiger partial charge in [-0.25, -0.2) is 0 Å². The minimum atomic E-state index is -2.72. The molecule has 1 fully saturated rings. The molecule has 0 aliphatic carbocycles. The van der Waals surface area contributed by atoms with Gasteiger partial charge in [-0.3, -0.25) is 4.79 Å². The second-order valence-corrected chi connectivity index (χ2v) is 17.1. The summed E-state index contributed by atoms with van der Waals surface area (Å²) >= 11 is 0. The SMILES string of the molecule is COC(=O)[C@@H](C)[C@H]1OC(Cc2ccc(OC)cc2)O[C@H]([C@@H](C)CO[Si](c2ccccc2)(c2ccccc2)C(C)(C)C)[C@H]1C. The highest BCUT2D eigenvalue weighted by Crippen LogP contribution is 2.39. The van der Waals surface area contributed by atoms with Crippen LogP contribution >= 0.6 is 0 Å². The monoisotopic (exact) mass is 604 g/mol. The molecular formula is C36H48O6Si. The first-order valence-electron chi connectivity index (χ1n) is 15.3. The standard InChI is InChI=1S/C36H48O6Si/c1-25(24-40-43(36(4,5)6,30-15-11-9-12-16-30)31-17-13-10-14-18-31)33-26(2)34(27(3)35(37)39-8)42-32(41-33)23-28-19-21-29(38-7)22-20-28/h9-22,25-27,32-34H,23-24H2,1-8H3/t25-,26+,27-,32?,33+,34-/m0/s1. The zero-order valence-electron chi connectivity index (χ0n) is 26.9. The van der Waals surface area contributed by atoms with Crippen LogP contribution in [0.2, 0.25) is 5.04 Å². The lowest BCUT2D eigenvalue weighted by Gasteiger charge is -2.47. The molecule has 0 radical (unpaired) electrons. The summed E-state index contributed by atoms with van der Waals surface area (Å²) in [6.07, 6.45) is -0.501. The van der Waals surface area contributed by atoms with E-state index in [1.54, 1.807) is 7.11 Å². The highest BCUT2D eigenvalue weighted by molar-refractivity contribution is 6.99. The molecule has 232 valence electrons. The highest BCUT2D eigenvalue weighted by Gasteiger charge is 2.51. The van der Waals surface area contributed by atoms with E-state index in [-0.39, 0.29) is 35.1 Å². The first kappa shape index (κ1) is 32.9. The molecule has 1 saturated heterocycles. The number of methoxy groups -OCH3 is 2. The maximum Gasteiger partial charge on any atom is 0.311 e. The van der Waals surface area contributed by atoms with Crippen molar-refractivity contribution in [1.29, 1.82) is 0 Å². The third kappa shape index (κ3) is 7.23. The fourth-order valence-corrected chi connectivity index (χ4v) is 11.2. The summed E-state index contributed by atoms with van der Waals surface area (Å²) in [6, 6.07) is 29.3. The molecule has 0 N–H and O–H groups in total. The molecule has 4 rings (SSSR count). The molecule has 1 unspecified atom stereocenters. The van der Waals surface area contributed by atoms with E-state index in [4.69, 9.17) is 23.4 Å². The van der Waals surface area contributed by atoms with Crippen LogP contribution in [0.25, 0.3) is 0 Å². The van der Waals surface area contributed by atoms with Crippen molar-refractivity contribution in [1.82, 2.24) is 0 Å². The Kier molecular flexibility index (Phi) is 10.9. The van der Waals surface area contributed by atoms with Crippen LogP contribution in [0.4, 0.5) is 0 Å². The topological polar surface area (TPSA) is 63.2 Å². The van der Waals surface area contributed by atoms with Crippen molar-refractivity contribution >= 4 is 24.7 Å². The van der Waals surface area contributed by atoms with Gasteiger partial charge in [0, 0.05) is 24.9 Å². The predicted molar refractivity (Wildman–Crippen MR) is 173 cm³/mol. The van der Waals surface area contributed by atoms with Gasteiger partial charge in [0.2, 0.25) is 0 Å². The van der Waals surface area contributed by atoms with Crippen LogP contribution in [-0.2, 0) is 29.9 Å². The van der Waals surface area contributed by atoms with Crippen molar-refractivity contribution < 1.29 is 28.2 Å². The van der Waals surface area contributed by atoms with E-state index in [0.717, 1.165) is 11.3 Å². The van der Waals surface area contributed by atoms with E-state index in [1.807, 2.05) is 31.2 Å². The maximum atomic E-state index is 12.7. The van der Waals surface area contributed by atoms with Crippen molar-refractivity contribution in [3.63, 3.8) is 0 Å². The predicted octanol–water partition coefficient (Wildman–Crippen LogP) is 6.01. The van der Waals surface area contributed by atoms with Gasteiger partial charge in [-0.2, -0.15) is 0 Å². The summed E-state index contributed by atoms with van der Waals surface area (Å²) < 4.78 is 30.9. The Labute approximate surface area is 258 Å². The zero-order valence-corrected chi connectivity index (χ0v) is 27.9. The molecule has 0 bridgehead atoms. The molecule has 0 saturated carbocycles. The third-order valence-corrected chi connectivity index (χ3v) is 13.8. The molecule has 0 aromatic heterocycles. The second-order valence-electron chi connectivity index (χ2n) is 12.8. The molecule has 1 aliphatic heterocycles. The molecule has 3 aromatic carbocycles. The van der Waals surface area contributed by atoms with Crippen LogP contribution < -0.4 is 15.1 Å². The van der Waals surface area contributed by atoms with E-state index in [2.05, 4.69) is 95.3 Å². The summed E-state index contributed by atoms with van der Waals surface area (Å²) in [5, 5.41) is 2.36. The maximum absolute atomic E-state index is 12.7. The van der Waals surface area contributed by atoms with E-state index in [0.29, 0.717) is 13.0 Å². The van der Waals surface area contributed by atoms with Crippen LogP contribution in [-0.4, -0.2) is 53.6 Å². The fraction of sp³-hybridized carbons (Fsp3) is 0.472. The third-order valence-electron chi connectivity index (χ3n) is 8.82. The molecule has 1 aliphatic rings. The zero-order chi connectivity index (χ0) is 31.2. The second kappa shape index (κ2) is 14.2. The van der Waals surface area contributed by atoms with E-state index >= 15 is 0 Å². The summed E-state index contributed by atoms with van der Waals surface area (Å²) in [7, 11) is 0.362. The van der Waals surface area contributed by atoms with Crippen LogP contribution in [0.3, 0.4) is 0 Å². The van der Waals surface area contributed by atoms with E-state index < -0.39 is 20.5 Å². The number of carbonyl (C=O) groups excluding carboxylic acids is 1. The molecule has 6 atom stereocenters. The van der Waals surface area contributed by atoms with Crippen molar-refractivity contribution in [3.05, 3.63) is 90.5 Å². The van der Waals surface area contributed by atoms with Crippen molar-refractivity contribution in [2.24, 2.45) is 17.8 Å². The molecular weight excluding hydrogens is 556 g/mol. The first-order valence-corrected chi connectivity index (χ1v) is 17.2. The van der Waals surface area contributed by atoms with Crippen LogP contribution in [0.5, 0.6) is 5.75 Å². The lowest BCUT2D eigenvalue weighted by molar-refractivity contribution is -0.284. The fourth-order valence-electron chi connectivity index (χ4n) is 6.53. The van der Waals surface area contributed by atoms with Crippen LogP contribution in [0.15, 0.2) is 84.9 Å². The van der Waals surface area contributed by atoms with Gasteiger partial charge in [0.05, 0.1) is 32.3 Å². The molecule has 0 amide bonds. The first-order chi connectivity index (χ1) is 20.5. The van der Waals surface area contributed by atoms with Gasteiger partial charge in [0.1, 0.15) is 5.75 Å². The van der Waals surface area contributed by atoms with Gasteiger partial charge in [-0.05, 0) is 40.0 Å². The summed E-state index contributed by atoms with van der Waals surface area (Å²) in [5.41, 5.74) is 1.07. The summed E-state index contributed by atoms with van der Waals surface area (Å²) in [4.78, 5) is 12.7. The summed E-state index contributed by atoms with van der Waals surface area (Å²) in [5.74, 6) is 0.0590. The number of carbonyl (C=O) groups is 1. The smallest absolute Gasteiger partial charge is 0.311 e. The van der Waals surface area contributed by atoms with Gasteiger partial charge in [-0.15, -0.1) is 0 Å². The van der Waals surface area contributed by atoms with Gasteiger partial charge in [0.25, 0.3) is 8.32 Å². The minimum absolute atomic E-state index is 0.0336. The number of esters is 1. The highest BCUT2D eigenvalue weighted by atomic mass is 28.4. The molecule has 7 heteroatoms. The number of hydrogen-bond acceptors (Lipinski definition) is 6. The van der Waals surface area contributed by atoms with E-state index in [9.17, 15) is 4.79 Å². The largest absolute Gasteiger partial charge is 0.497 e. The number of benzene rings is 3.